The maximum absolute atomic E-state index is 14.2. The fourth-order valence-corrected chi connectivity index (χ4v) is 9.32. The summed E-state index contributed by atoms with van der Waals surface area (Å²) in [5, 5.41) is 3.60. The number of carbonyl (C=O) groups excluding carboxylic acids is 1. The van der Waals surface area contributed by atoms with E-state index in [1.165, 1.54) is 10.4 Å². The standard InChI is InChI=1S/C25H27BrOSSi/c1-20(19-26)18-24(28-21-12-6-3-7-13-21)25(27)29(2,22-14-8-4-9-15-22)23-16-10-5-11-17-23/h3-17,20,24H,18-19H2,1-2H3. The number of rotatable bonds is 9. The van der Waals surface area contributed by atoms with Gasteiger partial charge in [0.25, 0.3) is 0 Å². The van der Waals surface area contributed by atoms with Gasteiger partial charge >= 0.3 is 0 Å². The van der Waals surface area contributed by atoms with Gasteiger partial charge in [-0.2, -0.15) is 0 Å². The predicted molar refractivity (Wildman–Crippen MR) is 132 cm³/mol. The molecule has 0 spiro atoms. The molecule has 0 bridgehead atoms. The molecular weight excluding hydrogens is 456 g/mol. The Balaban J connectivity index is 2.05. The monoisotopic (exact) mass is 482 g/mol. The maximum Gasteiger partial charge on any atom is 0.192 e. The van der Waals surface area contributed by atoms with Gasteiger partial charge in [-0.05, 0) is 34.8 Å². The normalized spacial score (nSPS) is 13.6. The van der Waals surface area contributed by atoms with Crippen molar-refractivity contribution >= 4 is 51.5 Å². The second-order valence-electron chi connectivity index (χ2n) is 7.64. The molecule has 150 valence electrons. The third kappa shape index (κ3) is 5.30. The quantitative estimate of drug-likeness (QED) is 0.225. The molecule has 0 aromatic heterocycles. The molecular formula is C25H27BrOSSi. The molecule has 3 aromatic carbocycles. The molecule has 2 unspecified atom stereocenters. The van der Waals surface area contributed by atoms with Gasteiger partial charge in [0.1, 0.15) is 5.41 Å². The second-order valence-corrected chi connectivity index (χ2v) is 13.5. The van der Waals surface area contributed by atoms with E-state index in [2.05, 4.69) is 90.1 Å². The summed E-state index contributed by atoms with van der Waals surface area (Å²) in [6, 6.07) is 31.1. The lowest BCUT2D eigenvalue weighted by Crippen LogP contribution is -2.64. The third-order valence-electron chi connectivity index (χ3n) is 5.39. The summed E-state index contributed by atoms with van der Waals surface area (Å²) in [5.41, 5.74) is 0. The second kappa shape index (κ2) is 10.4. The van der Waals surface area contributed by atoms with Crippen LogP contribution in [0.2, 0.25) is 6.55 Å². The van der Waals surface area contributed by atoms with Gasteiger partial charge in [0.05, 0.1) is 5.25 Å². The lowest BCUT2D eigenvalue weighted by Gasteiger charge is -2.32. The minimum Gasteiger partial charge on any atom is -0.303 e. The van der Waals surface area contributed by atoms with Gasteiger partial charge in [0.15, 0.2) is 8.07 Å². The number of alkyl halides is 1. The molecule has 0 saturated carbocycles. The molecule has 1 nitrogen and oxygen atoms in total. The topological polar surface area (TPSA) is 17.1 Å². The summed E-state index contributed by atoms with van der Waals surface area (Å²) < 4.78 is 0. The molecule has 0 saturated heterocycles. The van der Waals surface area contributed by atoms with Gasteiger partial charge in [-0.3, -0.25) is 0 Å². The fourth-order valence-electron chi connectivity index (χ4n) is 3.62. The van der Waals surface area contributed by atoms with Crippen molar-refractivity contribution in [2.75, 3.05) is 5.33 Å². The lowest BCUT2D eigenvalue weighted by atomic mass is 10.1. The zero-order valence-corrected chi connectivity index (χ0v) is 20.3. The maximum atomic E-state index is 14.2. The summed E-state index contributed by atoms with van der Waals surface area (Å²) in [6.07, 6.45) is 0.867. The Morgan fingerprint density at radius 3 is 1.76 bits per heavy atom. The average molecular weight is 484 g/mol. The van der Waals surface area contributed by atoms with Gasteiger partial charge in [0, 0.05) is 10.2 Å². The highest BCUT2D eigenvalue weighted by molar-refractivity contribution is 9.09. The summed E-state index contributed by atoms with van der Waals surface area (Å²) in [6.45, 7) is 4.43. The Morgan fingerprint density at radius 2 is 1.31 bits per heavy atom. The molecule has 0 amide bonds. The zero-order chi connectivity index (χ0) is 20.7. The Kier molecular flexibility index (Phi) is 7.93. The van der Waals surface area contributed by atoms with E-state index in [0.717, 1.165) is 16.6 Å². The summed E-state index contributed by atoms with van der Waals surface area (Å²) in [4.78, 5) is 15.4. The Bertz CT molecular complexity index is 862. The van der Waals surface area contributed by atoms with Crippen molar-refractivity contribution in [3.63, 3.8) is 0 Å². The van der Waals surface area contributed by atoms with Gasteiger partial charge in [-0.25, -0.2) is 0 Å². The summed E-state index contributed by atoms with van der Waals surface area (Å²) >= 11 is 5.33. The van der Waals surface area contributed by atoms with Crippen molar-refractivity contribution in [1.29, 1.82) is 0 Å². The average Bonchev–Trinajstić information content (AvgIpc) is 2.79. The molecule has 0 heterocycles. The van der Waals surface area contributed by atoms with Crippen LogP contribution in [0.1, 0.15) is 13.3 Å². The predicted octanol–water partition coefficient (Wildman–Crippen LogP) is 5.57. The van der Waals surface area contributed by atoms with Crippen molar-refractivity contribution < 1.29 is 4.79 Å². The van der Waals surface area contributed by atoms with Crippen molar-refractivity contribution in [3.05, 3.63) is 91.0 Å². The number of benzene rings is 3. The van der Waals surface area contributed by atoms with Crippen LogP contribution >= 0.6 is 27.7 Å². The molecule has 29 heavy (non-hydrogen) atoms. The van der Waals surface area contributed by atoms with E-state index in [4.69, 9.17) is 0 Å². The van der Waals surface area contributed by atoms with Crippen molar-refractivity contribution in [3.8, 4) is 0 Å². The zero-order valence-electron chi connectivity index (χ0n) is 16.9. The summed E-state index contributed by atoms with van der Waals surface area (Å²) in [5.74, 6) is 0.435. The molecule has 0 fully saturated rings. The van der Waals surface area contributed by atoms with E-state index < -0.39 is 8.07 Å². The van der Waals surface area contributed by atoms with E-state index >= 15 is 0 Å². The highest BCUT2D eigenvalue weighted by atomic mass is 79.9. The van der Waals surface area contributed by atoms with Crippen LogP contribution in [-0.2, 0) is 4.79 Å². The molecule has 2 atom stereocenters. The number of thioether (sulfide) groups is 1. The Hall–Kier alpha value is -1.62. The van der Waals surface area contributed by atoms with E-state index in [9.17, 15) is 4.79 Å². The van der Waals surface area contributed by atoms with Crippen LogP contribution in [0.25, 0.3) is 0 Å². The Labute approximate surface area is 188 Å². The lowest BCUT2D eigenvalue weighted by molar-refractivity contribution is -0.112. The van der Waals surface area contributed by atoms with E-state index in [0.29, 0.717) is 11.3 Å². The minimum absolute atomic E-state index is 0.0676. The van der Waals surface area contributed by atoms with Gasteiger partial charge in [-0.1, -0.05) is 108 Å². The molecule has 0 N–H and O–H groups in total. The number of hydrogen-bond donors (Lipinski definition) is 0. The van der Waals surface area contributed by atoms with Gasteiger partial charge < -0.3 is 4.79 Å². The van der Waals surface area contributed by atoms with Gasteiger partial charge in [-0.15, -0.1) is 11.8 Å². The SMILES string of the molecule is CC(CBr)CC(Sc1ccccc1)C(=O)[Si](C)(c1ccccc1)c1ccccc1. The summed E-state index contributed by atoms with van der Waals surface area (Å²) in [7, 11) is -2.58. The number of halogens is 1. The van der Waals surface area contributed by atoms with Gasteiger partial charge in [0.2, 0.25) is 0 Å². The molecule has 4 heteroatoms. The van der Waals surface area contributed by atoms with Crippen LogP contribution in [0.3, 0.4) is 0 Å². The smallest absolute Gasteiger partial charge is 0.192 e. The van der Waals surface area contributed by atoms with Crippen LogP contribution in [0.4, 0.5) is 0 Å². The Morgan fingerprint density at radius 1 is 0.862 bits per heavy atom. The molecule has 0 aliphatic heterocycles. The third-order valence-corrected chi connectivity index (χ3v) is 12.2. The fraction of sp³-hybridized carbons (Fsp3) is 0.240. The van der Waals surface area contributed by atoms with Crippen molar-refractivity contribution in [2.24, 2.45) is 5.92 Å². The van der Waals surface area contributed by atoms with E-state index in [-0.39, 0.29) is 5.25 Å². The van der Waals surface area contributed by atoms with Crippen LogP contribution in [-0.4, -0.2) is 24.1 Å². The number of hydrogen-bond acceptors (Lipinski definition) is 2. The molecule has 0 aliphatic rings. The van der Waals surface area contributed by atoms with E-state index in [1.54, 1.807) is 11.8 Å². The highest BCUT2D eigenvalue weighted by Crippen LogP contribution is 2.31. The molecule has 0 aliphatic carbocycles. The number of carbonyl (C=O) groups is 1. The molecule has 3 rings (SSSR count). The van der Waals surface area contributed by atoms with Crippen LogP contribution in [0, 0.1) is 5.92 Å². The van der Waals surface area contributed by atoms with Crippen LogP contribution in [0.5, 0.6) is 0 Å². The minimum atomic E-state index is -2.58. The highest BCUT2D eigenvalue weighted by Gasteiger charge is 2.43. The first-order valence-corrected chi connectivity index (χ1v) is 14.5. The first-order chi connectivity index (χ1) is 14.1. The van der Waals surface area contributed by atoms with Crippen molar-refractivity contribution in [1.82, 2.24) is 0 Å². The molecule has 0 radical (unpaired) electrons. The van der Waals surface area contributed by atoms with E-state index in [1.807, 2.05) is 30.3 Å². The largest absolute Gasteiger partial charge is 0.303 e. The van der Waals surface area contributed by atoms with Crippen LogP contribution < -0.4 is 10.4 Å². The molecule has 3 aromatic rings. The van der Waals surface area contributed by atoms with Crippen molar-refractivity contribution in [2.45, 2.75) is 30.0 Å². The van der Waals surface area contributed by atoms with Crippen LogP contribution in [0.15, 0.2) is 95.9 Å². The first kappa shape index (κ1) is 22.1. The first-order valence-electron chi connectivity index (χ1n) is 9.98.